The van der Waals surface area contributed by atoms with Crippen molar-refractivity contribution in [3.05, 3.63) is 28.8 Å². The molecule has 0 saturated carbocycles. The average Bonchev–Trinajstić information content (AvgIpc) is 2.70. The SMILES string of the molecule is Cc1cc(Cl)ccc1N1C(=N)SC2CS(=O)(=O)CC21. The molecule has 0 amide bonds. The number of anilines is 1. The van der Waals surface area contributed by atoms with Crippen molar-refractivity contribution in [2.24, 2.45) is 0 Å². The first-order chi connectivity index (χ1) is 8.87. The van der Waals surface area contributed by atoms with E-state index in [4.69, 9.17) is 17.0 Å². The van der Waals surface area contributed by atoms with Gasteiger partial charge in [0, 0.05) is 16.0 Å². The fourth-order valence-corrected chi connectivity index (χ4v) is 6.69. The molecule has 3 rings (SSSR count). The predicted octanol–water partition coefficient (Wildman–Crippen LogP) is 2.30. The van der Waals surface area contributed by atoms with Crippen molar-refractivity contribution in [3.63, 3.8) is 0 Å². The maximum atomic E-state index is 11.7. The van der Waals surface area contributed by atoms with Crippen molar-refractivity contribution < 1.29 is 8.42 Å². The number of halogens is 1. The van der Waals surface area contributed by atoms with Gasteiger partial charge in [0.05, 0.1) is 17.5 Å². The number of hydrogen-bond donors (Lipinski definition) is 1. The zero-order valence-corrected chi connectivity index (χ0v) is 12.6. The fourth-order valence-electron chi connectivity index (χ4n) is 2.68. The first-order valence-electron chi connectivity index (χ1n) is 5.88. The zero-order chi connectivity index (χ0) is 13.8. The number of amidine groups is 1. The molecule has 0 bridgehead atoms. The number of sulfone groups is 1. The number of aryl methyl sites for hydroxylation is 1. The van der Waals surface area contributed by atoms with E-state index >= 15 is 0 Å². The van der Waals surface area contributed by atoms with E-state index in [0.29, 0.717) is 10.2 Å². The molecule has 2 aliphatic rings. The molecule has 7 heteroatoms. The molecule has 0 radical (unpaired) electrons. The van der Waals surface area contributed by atoms with Crippen LogP contribution in [0.1, 0.15) is 5.56 Å². The Bertz CT molecular complexity index is 660. The van der Waals surface area contributed by atoms with Crippen LogP contribution in [0.3, 0.4) is 0 Å². The molecular weight excluding hydrogens is 304 g/mol. The summed E-state index contributed by atoms with van der Waals surface area (Å²) in [5.41, 5.74) is 1.84. The number of fused-ring (bicyclic) bond motifs is 1. The quantitative estimate of drug-likeness (QED) is 0.863. The Kier molecular flexibility index (Phi) is 3.07. The van der Waals surface area contributed by atoms with Crippen LogP contribution in [0.5, 0.6) is 0 Å². The number of benzene rings is 1. The highest BCUT2D eigenvalue weighted by Gasteiger charge is 2.48. The van der Waals surface area contributed by atoms with Crippen LogP contribution in [-0.4, -0.2) is 36.4 Å². The molecule has 19 heavy (non-hydrogen) atoms. The molecule has 0 aromatic heterocycles. The van der Waals surface area contributed by atoms with Crippen LogP contribution < -0.4 is 4.90 Å². The molecule has 2 saturated heterocycles. The van der Waals surface area contributed by atoms with Crippen molar-refractivity contribution in [2.45, 2.75) is 18.2 Å². The average molecular weight is 317 g/mol. The minimum absolute atomic E-state index is 0.0208. The van der Waals surface area contributed by atoms with Gasteiger partial charge in [0.25, 0.3) is 0 Å². The summed E-state index contributed by atoms with van der Waals surface area (Å²) in [6.45, 7) is 1.93. The van der Waals surface area contributed by atoms with E-state index in [9.17, 15) is 8.42 Å². The van der Waals surface area contributed by atoms with Crippen molar-refractivity contribution in [3.8, 4) is 0 Å². The van der Waals surface area contributed by atoms with Gasteiger partial charge in [0.15, 0.2) is 15.0 Å². The topological polar surface area (TPSA) is 61.2 Å². The van der Waals surface area contributed by atoms with E-state index in [1.54, 1.807) is 6.07 Å². The van der Waals surface area contributed by atoms with Crippen LogP contribution in [0.2, 0.25) is 5.02 Å². The standard InChI is InChI=1S/C12H13ClN2O2S2/c1-7-4-8(13)2-3-9(7)15-10-5-19(16,17)6-11(10)18-12(15)14/h2-4,10-11,14H,5-6H2,1H3. The van der Waals surface area contributed by atoms with Gasteiger partial charge in [-0.3, -0.25) is 5.41 Å². The summed E-state index contributed by atoms with van der Waals surface area (Å²) in [7, 11) is -2.98. The molecule has 1 aromatic rings. The van der Waals surface area contributed by atoms with E-state index in [-0.39, 0.29) is 22.8 Å². The first-order valence-corrected chi connectivity index (χ1v) is 8.96. The molecule has 2 aliphatic heterocycles. The van der Waals surface area contributed by atoms with Gasteiger partial charge >= 0.3 is 0 Å². The smallest absolute Gasteiger partial charge is 0.161 e. The van der Waals surface area contributed by atoms with Crippen LogP contribution >= 0.6 is 23.4 Å². The monoisotopic (exact) mass is 316 g/mol. The molecule has 2 fully saturated rings. The van der Waals surface area contributed by atoms with Crippen LogP contribution in [0.15, 0.2) is 18.2 Å². The Balaban J connectivity index is 2.02. The lowest BCUT2D eigenvalue weighted by Gasteiger charge is -2.25. The number of rotatable bonds is 1. The lowest BCUT2D eigenvalue weighted by molar-refractivity contribution is 0.601. The van der Waals surface area contributed by atoms with Gasteiger partial charge in [-0.2, -0.15) is 0 Å². The minimum Gasteiger partial charge on any atom is -0.316 e. The van der Waals surface area contributed by atoms with Gasteiger partial charge in [-0.25, -0.2) is 8.42 Å². The molecular formula is C12H13ClN2O2S2. The summed E-state index contributed by atoms with van der Waals surface area (Å²) in [5, 5.41) is 9.14. The largest absolute Gasteiger partial charge is 0.316 e. The number of hydrogen-bond acceptors (Lipinski definition) is 4. The van der Waals surface area contributed by atoms with E-state index < -0.39 is 9.84 Å². The van der Waals surface area contributed by atoms with Gasteiger partial charge in [-0.1, -0.05) is 23.4 Å². The fraction of sp³-hybridized carbons (Fsp3) is 0.417. The maximum Gasteiger partial charge on any atom is 0.161 e. The Morgan fingerprint density at radius 2 is 2.16 bits per heavy atom. The Morgan fingerprint density at radius 3 is 2.84 bits per heavy atom. The molecule has 102 valence electrons. The van der Waals surface area contributed by atoms with E-state index in [1.807, 2.05) is 24.0 Å². The molecule has 0 aliphatic carbocycles. The number of thioether (sulfide) groups is 1. The second-order valence-corrected chi connectivity index (χ2v) is 8.72. The molecule has 4 nitrogen and oxygen atoms in total. The highest BCUT2D eigenvalue weighted by atomic mass is 35.5. The van der Waals surface area contributed by atoms with Crippen LogP contribution in [0.25, 0.3) is 0 Å². The summed E-state index contributed by atoms with van der Waals surface area (Å²) >= 11 is 7.29. The van der Waals surface area contributed by atoms with Crippen molar-refractivity contribution >= 4 is 44.1 Å². The van der Waals surface area contributed by atoms with Gasteiger partial charge in [0.2, 0.25) is 0 Å². The summed E-state index contributed by atoms with van der Waals surface area (Å²) in [5.74, 6) is 0.308. The summed E-state index contributed by atoms with van der Waals surface area (Å²) in [4.78, 5) is 1.84. The zero-order valence-electron chi connectivity index (χ0n) is 10.3. The normalized spacial score (nSPS) is 28.7. The Hall–Kier alpha value is -0.720. The third-order valence-corrected chi connectivity index (χ3v) is 6.87. The van der Waals surface area contributed by atoms with Crippen LogP contribution in [0, 0.1) is 12.3 Å². The van der Waals surface area contributed by atoms with Crippen molar-refractivity contribution in [2.75, 3.05) is 16.4 Å². The molecule has 2 atom stereocenters. The van der Waals surface area contributed by atoms with E-state index in [2.05, 4.69) is 0 Å². The summed E-state index contributed by atoms with van der Waals surface area (Å²) in [6, 6.07) is 5.35. The Labute approximate surface area is 121 Å². The molecule has 1 N–H and O–H groups in total. The van der Waals surface area contributed by atoms with Crippen molar-refractivity contribution in [1.82, 2.24) is 0 Å². The molecule has 2 unspecified atom stereocenters. The highest BCUT2D eigenvalue weighted by Crippen LogP contribution is 2.41. The summed E-state index contributed by atoms with van der Waals surface area (Å²) in [6.07, 6.45) is 0. The van der Waals surface area contributed by atoms with Gasteiger partial charge in [-0.15, -0.1) is 0 Å². The summed E-state index contributed by atoms with van der Waals surface area (Å²) < 4.78 is 23.5. The minimum atomic E-state index is -2.98. The van der Waals surface area contributed by atoms with Gasteiger partial charge in [-0.05, 0) is 30.7 Å². The second-order valence-electron chi connectivity index (χ2n) is 4.91. The predicted molar refractivity (Wildman–Crippen MR) is 80.2 cm³/mol. The number of nitrogens with zero attached hydrogens (tertiary/aromatic N) is 1. The Morgan fingerprint density at radius 1 is 1.42 bits per heavy atom. The van der Waals surface area contributed by atoms with Crippen LogP contribution in [-0.2, 0) is 9.84 Å². The lowest BCUT2D eigenvalue weighted by Crippen LogP contribution is -2.37. The lowest BCUT2D eigenvalue weighted by atomic mass is 10.1. The molecule has 0 spiro atoms. The first kappa shape index (κ1) is 13.3. The maximum absolute atomic E-state index is 11.7. The van der Waals surface area contributed by atoms with Gasteiger partial charge in [0.1, 0.15) is 0 Å². The third-order valence-electron chi connectivity index (χ3n) is 3.50. The van der Waals surface area contributed by atoms with Crippen molar-refractivity contribution in [1.29, 1.82) is 5.41 Å². The molecule has 1 aromatic carbocycles. The third kappa shape index (κ3) is 2.26. The van der Waals surface area contributed by atoms with E-state index in [0.717, 1.165) is 11.3 Å². The number of nitrogens with one attached hydrogen (secondary N) is 1. The molecule has 2 heterocycles. The highest BCUT2D eigenvalue weighted by molar-refractivity contribution is 8.15. The van der Waals surface area contributed by atoms with Crippen LogP contribution in [0.4, 0.5) is 5.69 Å². The van der Waals surface area contributed by atoms with E-state index in [1.165, 1.54) is 11.8 Å². The van der Waals surface area contributed by atoms with Gasteiger partial charge < -0.3 is 4.90 Å². The second kappa shape index (κ2) is 4.40.